The van der Waals surface area contributed by atoms with E-state index in [0.717, 1.165) is 12.1 Å². The van der Waals surface area contributed by atoms with Crippen molar-refractivity contribution in [3.63, 3.8) is 0 Å². The zero-order valence-electron chi connectivity index (χ0n) is 15.2. The number of benzene rings is 2. The number of amides is 1. The van der Waals surface area contributed by atoms with E-state index in [1.807, 2.05) is 26.2 Å². The first-order valence-corrected chi connectivity index (χ1v) is 9.26. The fraction of sp³-hybridized carbons (Fsp3) is 0.238. The van der Waals surface area contributed by atoms with Gasteiger partial charge in [0.2, 0.25) is 5.76 Å². The molecule has 1 atom stereocenters. The third kappa shape index (κ3) is 3.03. The number of likely N-dealkylation sites (N-methyl/N-ethyl adjacent to an activating group) is 1. The van der Waals surface area contributed by atoms with Crippen molar-refractivity contribution in [2.24, 2.45) is 0 Å². The minimum Gasteiger partial charge on any atom is -0.450 e. The second-order valence-electron chi connectivity index (χ2n) is 7.08. The van der Waals surface area contributed by atoms with Crippen molar-refractivity contribution in [3.05, 3.63) is 80.7 Å². The Morgan fingerprint density at radius 2 is 1.89 bits per heavy atom. The fourth-order valence-electron chi connectivity index (χ4n) is 3.57. The van der Waals surface area contributed by atoms with Gasteiger partial charge in [-0.05, 0) is 29.8 Å². The highest BCUT2D eigenvalue weighted by Gasteiger charge is 2.42. The number of para-hydroxylation sites is 1. The summed E-state index contributed by atoms with van der Waals surface area (Å²) < 4.78 is 5.89. The molecule has 138 valence electrons. The molecule has 4 rings (SSSR count). The van der Waals surface area contributed by atoms with E-state index in [1.165, 1.54) is 4.90 Å². The van der Waals surface area contributed by atoms with Crippen molar-refractivity contribution < 1.29 is 14.1 Å². The first-order valence-electron chi connectivity index (χ1n) is 8.88. The minimum atomic E-state index is -0.494. The molecule has 2 aromatic carbocycles. The lowest BCUT2D eigenvalue weighted by Gasteiger charge is -2.25. The molecule has 0 bridgehead atoms. The Bertz CT molecular complexity index is 1090. The van der Waals surface area contributed by atoms with Crippen LogP contribution in [0.5, 0.6) is 0 Å². The molecule has 1 amide bonds. The van der Waals surface area contributed by atoms with Crippen molar-refractivity contribution in [1.29, 1.82) is 0 Å². The van der Waals surface area contributed by atoms with Gasteiger partial charge in [-0.25, -0.2) is 0 Å². The Labute approximate surface area is 161 Å². The summed E-state index contributed by atoms with van der Waals surface area (Å²) in [5.41, 5.74) is 1.48. The van der Waals surface area contributed by atoms with Crippen molar-refractivity contribution in [2.45, 2.75) is 6.04 Å². The fourth-order valence-corrected chi connectivity index (χ4v) is 3.76. The van der Waals surface area contributed by atoms with Gasteiger partial charge in [0.15, 0.2) is 5.43 Å². The predicted molar refractivity (Wildman–Crippen MR) is 104 cm³/mol. The Morgan fingerprint density at radius 1 is 1.11 bits per heavy atom. The summed E-state index contributed by atoms with van der Waals surface area (Å²) >= 11 is 6.19. The highest BCUT2D eigenvalue weighted by Crippen LogP contribution is 2.38. The number of rotatable bonds is 4. The number of hydrogen-bond acceptors (Lipinski definition) is 3. The van der Waals surface area contributed by atoms with Crippen LogP contribution < -0.4 is 10.3 Å². The molecule has 2 heterocycles. The number of nitrogens with one attached hydrogen (secondary N) is 1. The normalized spacial score (nSPS) is 16.4. The number of carbonyl (C=O) groups is 1. The molecular formula is C21H20ClN2O3+. The van der Waals surface area contributed by atoms with E-state index in [9.17, 15) is 9.59 Å². The van der Waals surface area contributed by atoms with Crippen LogP contribution in [0.25, 0.3) is 11.0 Å². The standard InChI is InChI=1S/C21H19ClN2O3/c1-23(2)10-11-24-18(13-6-5-7-14(22)12-13)17-19(25)15-8-3-4-9-16(15)27-20(17)21(24)26/h3-9,12,18H,10-11H2,1-2H3/p+1/t18-/m1/s1. The van der Waals surface area contributed by atoms with Gasteiger partial charge in [-0.3, -0.25) is 9.59 Å². The molecule has 0 saturated heterocycles. The van der Waals surface area contributed by atoms with Gasteiger partial charge in [0.1, 0.15) is 5.58 Å². The van der Waals surface area contributed by atoms with Crippen molar-refractivity contribution in [1.82, 2.24) is 4.90 Å². The smallest absolute Gasteiger partial charge is 0.291 e. The predicted octanol–water partition coefficient (Wildman–Crippen LogP) is 2.14. The molecule has 3 aromatic rings. The molecular weight excluding hydrogens is 364 g/mol. The van der Waals surface area contributed by atoms with E-state index in [1.54, 1.807) is 41.3 Å². The monoisotopic (exact) mass is 383 g/mol. The molecule has 1 aromatic heterocycles. The van der Waals surface area contributed by atoms with E-state index < -0.39 is 6.04 Å². The van der Waals surface area contributed by atoms with Gasteiger partial charge in [0, 0.05) is 5.02 Å². The molecule has 1 aliphatic heterocycles. The summed E-state index contributed by atoms with van der Waals surface area (Å²) in [6.07, 6.45) is 0. The second kappa shape index (κ2) is 6.83. The lowest BCUT2D eigenvalue weighted by atomic mass is 9.98. The molecule has 1 aliphatic rings. The second-order valence-corrected chi connectivity index (χ2v) is 7.52. The van der Waals surface area contributed by atoms with E-state index in [4.69, 9.17) is 16.0 Å². The van der Waals surface area contributed by atoms with Gasteiger partial charge in [0.05, 0.1) is 44.2 Å². The average Bonchev–Trinajstić information content (AvgIpc) is 2.93. The molecule has 0 aliphatic carbocycles. The number of fused-ring (bicyclic) bond motifs is 2. The van der Waals surface area contributed by atoms with E-state index >= 15 is 0 Å². The number of nitrogens with zero attached hydrogens (tertiary/aromatic N) is 1. The molecule has 0 fully saturated rings. The van der Waals surface area contributed by atoms with Crippen LogP contribution in [0.3, 0.4) is 0 Å². The topological polar surface area (TPSA) is 55.0 Å². The maximum atomic E-state index is 13.2. The zero-order valence-corrected chi connectivity index (χ0v) is 15.9. The van der Waals surface area contributed by atoms with E-state index in [2.05, 4.69) is 0 Å². The number of carbonyl (C=O) groups excluding carboxylic acids is 1. The van der Waals surface area contributed by atoms with E-state index in [-0.39, 0.29) is 17.1 Å². The lowest BCUT2D eigenvalue weighted by molar-refractivity contribution is -0.857. The lowest BCUT2D eigenvalue weighted by Crippen LogP contribution is -3.06. The SMILES string of the molecule is C[NH+](C)CCN1C(=O)c2oc3ccccc3c(=O)c2[C@H]1c1cccc(Cl)c1. The van der Waals surface area contributed by atoms with Crippen LogP contribution in [-0.4, -0.2) is 38.0 Å². The van der Waals surface area contributed by atoms with Crippen LogP contribution in [0.2, 0.25) is 5.02 Å². The Kier molecular flexibility index (Phi) is 4.50. The quantitative estimate of drug-likeness (QED) is 0.751. The van der Waals surface area contributed by atoms with E-state index in [0.29, 0.717) is 28.1 Å². The highest BCUT2D eigenvalue weighted by molar-refractivity contribution is 6.30. The number of halogens is 1. The number of quaternary nitrogens is 1. The molecule has 5 nitrogen and oxygen atoms in total. The summed E-state index contributed by atoms with van der Waals surface area (Å²) in [5, 5.41) is 1.05. The Morgan fingerprint density at radius 3 is 2.63 bits per heavy atom. The van der Waals surface area contributed by atoms with Crippen molar-refractivity contribution >= 4 is 28.5 Å². The van der Waals surface area contributed by atoms with Gasteiger partial charge in [-0.15, -0.1) is 0 Å². The van der Waals surface area contributed by atoms with Gasteiger partial charge >= 0.3 is 0 Å². The molecule has 1 N–H and O–H groups in total. The largest absolute Gasteiger partial charge is 0.450 e. The third-order valence-electron chi connectivity index (χ3n) is 4.89. The molecule has 0 unspecified atom stereocenters. The van der Waals surface area contributed by atoms with Crippen LogP contribution in [0.4, 0.5) is 0 Å². The Hall–Kier alpha value is -2.63. The Balaban J connectivity index is 1.94. The number of hydrogen-bond donors (Lipinski definition) is 1. The summed E-state index contributed by atoms with van der Waals surface area (Å²) in [7, 11) is 4.06. The maximum Gasteiger partial charge on any atom is 0.291 e. The average molecular weight is 384 g/mol. The van der Waals surface area contributed by atoms with Crippen LogP contribution in [-0.2, 0) is 0 Å². The molecule has 0 radical (unpaired) electrons. The summed E-state index contributed by atoms with van der Waals surface area (Å²) in [6.45, 7) is 1.27. The first-order chi connectivity index (χ1) is 13.0. The van der Waals surface area contributed by atoms with Crippen LogP contribution >= 0.6 is 11.6 Å². The minimum absolute atomic E-state index is 0.137. The molecule has 6 heteroatoms. The van der Waals surface area contributed by atoms with Gasteiger partial charge in [-0.1, -0.05) is 35.9 Å². The van der Waals surface area contributed by atoms with Gasteiger partial charge in [0.25, 0.3) is 5.91 Å². The van der Waals surface area contributed by atoms with Gasteiger partial charge < -0.3 is 14.2 Å². The highest BCUT2D eigenvalue weighted by atomic mass is 35.5. The van der Waals surface area contributed by atoms with Crippen molar-refractivity contribution in [3.8, 4) is 0 Å². The zero-order chi connectivity index (χ0) is 19.1. The maximum absolute atomic E-state index is 13.2. The van der Waals surface area contributed by atoms with Crippen molar-refractivity contribution in [2.75, 3.05) is 27.2 Å². The summed E-state index contributed by atoms with van der Waals surface area (Å²) in [4.78, 5) is 29.3. The molecule has 0 saturated carbocycles. The third-order valence-corrected chi connectivity index (χ3v) is 5.13. The summed E-state index contributed by atoms with van der Waals surface area (Å²) in [5.74, 6) is -0.114. The molecule has 0 spiro atoms. The van der Waals surface area contributed by atoms with Crippen LogP contribution in [0.15, 0.2) is 57.7 Å². The summed E-state index contributed by atoms with van der Waals surface area (Å²) in [6, 6.07) is 13.8. The van der Waals surface area contributed by atoms with Crippen LogP contribution in [0, 0.1) is 0 Å². The van der Waals surface area contributed by atoms with Crippen LogP contribution in [0.1, 0.15) is 27.7 Å². The first kappa shape index (κ1) is 17.8. The molecule has 27 heavy (non-hydrogen) atoms. The van der Waals surface area contributed by atoms with Gasteiger partial charge in [-0.2, -0.15) is 0 Å².